The van der Waals surface area contributed by atoms with Crippen molar-refractivity contribution in [1.29, 1.82) is 0 Å². The van der Waals surface area contributed by atoms with Crippen molar-refractivity contribution >= 4 is 0 Å². The molecule has 0 spiro atoms. The molecule has 0 heterocycles. The van der Waals surface area contributed by atoms with Gasteiger partial charge in [0, 0.05) is 13.1 Å². The van der Waals surface area contributed by atoms with Gasteiger partial charge in [-0.3, -0.25) is 0 Å². The van der Waals surface area contributed by atoms with Gasteiger partial charge < -0.3 is 15.4 Å². The summed E-state index contributed by atoms with van der Waals surface area (Å²) in [6.07, 6.45) is 0.325. The minimum atomic E-state index is 0.202. The molecule has 0 aliphatic carbocycles. The Morgan fingerprint density at radius 1 is 1.33 bits per heavy atom. The third kappa shape index (κ3) is 7.77. The zero-order valence-corrected chi connectivity index (χ0v) is 11.0. The Hall–Kier alpha value is -0.120. The van der Waals surface area contributed by atoms with Crippen LogP contribution in [0.3, 0.4) is 0 Å². The highest BCUT2D eigenvalue weighted by Gasteiger charge is 2.18. The molecular weight excluding hydrogens is 188 g/mol. The average molecular weight is 216 g/mol. The first-order chi connectivity index (χ1) is 6.91. The zero-order chi connectivity index (χ0) is 11.9. The summed E-state index contributed by atoms with van der Waals surface area (Å²) in [6.45, 7) is 15.4. The fourth-order valence-corrected chi connectivity index (χ4v) is 1.44. The van der Waals surface area contributed by atoms with E-state index in [1.807, 2.05) is 0 Å². The van der Waals surface area contributed by atoms with Gasteiger partial charge in [-0.1, -0.05) is 20.8 Å². The van der Waals surface area contributed by atoms with E-state index in [-0.39, 0.29) is 5.41 Å². The maximum atomic E-state index is 5.73. The molecule has 0 atom stereocenters. The van der Waals surface area contributed by atoms with E-state index in [4.69, 9.17) is 10.5 Å². The summed E-state index contributed by atoms with van der Waals surface area (Å²) in [7, 11) is 0. The topological polar surface area (TPSA) is 38.5 Å². The van der Waals surface area contributed by atoms with E-state index in [9.17, 15) is 0 Å². The minimum absolute atomic E-state index is 0.202. The first-order valence-corrected chi connectivity index (χ1v) is 5.95. The average Bonchev–Trinajstić information content (AvgIpc) is 2.15. The van der Waals surface area contributed by atoms with Gasteiger partial charge in [-0.15, -0.1) is 0 Å². The second kappa shape index (κ2) is 7.20. The molecule has 3 heteroatoms. The number of nitrogens with zero attached hydrogens (tertiary/aromatic N) is 1. The smallest absolute Gasteiger partial charge is 0.0596 e. The van der Waals surface area contributed by atoms with Gasteiger partial charge in [0.15, 0.2) is 0 Å². The Morgan fingerprint density at radius 3 is 2.33 bits per heavy atom. The first-order valence-electron chi connectivity index (χ1n) is 5.95. The Morgan fingerprint density at radius 2 is 1.93 bits per heavy atom. The molecule has 0 rings (SSSR count). The van der Waals surface area contributed by atoms with Crippen molar-refractivity contribution in [3.05, 3.63) is 0 Å². The van der Waals surface area contributed by atoms with Crippen molar-refractivity contribution in [2.75, 3.05) is 32.8 Å². The molecule has 0 saturated carbocycles. The molecular formula is C12H28N2O. The highest BCUT2D eigenvalue weighted by Crippen LogP contribution is 2.14. The lowest BCUT2D eigenvalue weighted by molar-refractivity contribution is 0.0524. The van der Waals surface area contributed by atoms with Crippen LogP contribution in [0.2, 0.25) is 0 Å². The molecule has 0 radical (unpaired) electrons. The predicted octanol–water partition coefficient (Wildman–Crippen LogP) is 1.72. The largest absolute Gasteiger partial charge is 0.377 e. The van der Waals surface area contributed by atoms with Crippen molar-refractivity contribution in [2.45, 2.75) is 40.7 Å². The van der Waals surface area contributed by atoms with Gasteiger partial charge in [-0.05, 0) is 32.4 Å². The maximum Gasteiger partial charge on any atom is 0.0596 e. The fourth-order valence-electron chi connectivity index (χ4n) is 1.44. The first kappa shape index (κ1) is 14.9. The summed E-state index contributed by atoms with van der Waals surface area (Å²) in [4.78, 5) is 2.40. The summed E-state index contributed by atoms with van der Waals surface area (Å²) in [5.74, 6) is 0. The molecule has 3 nitrogen and oxygen atoms in total. The second-order valence-corrected chi connectivity index (χ2v) is 5.16. The van der Waals surface area contributed by atoms with Crippen LogP contribution in [-0.2, 0) is 4.74 Å². The Bertz CT molecular complexity index is 158. The van der Waals surface area contributed by atoms with E-state index >= 15 is 0 Å². The normalized spacial score (nSPS) is 12.8. The Labute approximate surface area is 95.0 Å². The molecule has 0 aromatic carbocycles. The zero-order valence-electron chi connectivity index (χ0n) is 11.0. The monoisotopic (exact) mass is 216 g/mol. The molecule has 0 saturated heterocycles. The Kier molecular flexibility index (Phi) is 7.14. The number of rotatable bonds is 8. The van der Waals surface area contributed by atoms with Gasteiger partial charge in [0.2, 0.25) is 0 Å². The summed E-state index contributed by atoms with van der Waals surface area (Å²) in [5.41, 5.74) is 5.93. The lowest BCUT2D eigenvalue weighted by Crippen LogP contribution is -2.40. The third-order valence-corrected chi connectivity index (χ3v) is 2.51. The molecule has 0 bridgehead atoms. The quantitative estimate of drug-likeness (QED) is 0.671. The van der Waals surface area contributed by atoms with Gasteiger partial charge >= 0.3 is 0 Å². The van der Waals surface area contributed by atoms with Gasteiger partial charge in [0.05, 0.1) is 12.7 Å². The van der Waals surface area contributed by atoms with Crippen LogP contribution in [0.5, 0.6) is 0 Å². The van der Waals surface area contributed by atoms with Crippen molar-refractivity contribution in [2.24, 2.45) is 11.1 Å². The number of hydrogen-bond donors (Lipinski definition) is 1. The van der Waals surface area contributed by atoms with Crippen LogP contribution >= 0.6 is 0 Å². The molecule has 0 unspecified atom stereocenters. The lowest BCUT2D eigenvalue weighted by Gasteiger charge is -2.31. The third-order valence-electron chi connectivity index (χ3n) is 2.51. The van der Waals surface area contributed by atoms with Gasteiger partial charge in [0.1, 0.15) is 0 Å². The number of nitrogens with two attached hydrogens (primary N) is 1. The van der Waals surface area contributed by atoms with E-state index in [1.54, 1.807) is 0 Å². The van der Waals surface area contributed by atoms with Crippen molar-refractivity contribution in [3.8, 4) is 0 Å². The van der Waals surface area contributed by atoms with E-state index in [2.05, 4.69) is 39.5 Å². The lowest BCUT2D eigenvalue weighted by atomic mass is 9.93. The van der Waals surface area contributed by atoms with Gasteiger partial charge in [0.25, 0.3) is 0 Å². The summed E-state index contributed by atoms with van der Waals surface area (Å²) >= 11 is 0. The SMILES string of the molecule is CCN(CCOC(C)C)CC(C)(C)CN. The standard InChI is InChI=1S/C12H28N2O/c1-6-14(7-8-15-11(2)3)10-12(4,5)9-13/h11H,6-10,13H2,1-5H3. The van der Waals surface area contributed by atoms with Gasteiger partial charge in [-0.2, -0.15) is 0 Å². The summed E-state index contributed by atoms with van der Waals surface area (Å²) in [5, 5.41) is 0. The van der Waals surface area contributed by atoms with Crippen LogP contribution < -0.4 is 5.73 Å². The second-order valence-electron chi connectivity index (χ2n) is 5.16. The molecule has 92 valence electrons. The van der Waals surface area contributed by atoms with Crippen LogP contribution in [0.15, 0.2) is 0 Å². The molecule has 0 aromatic heterocycles. The maximum absolute atomic E-state index is 5.73. The number of likely N-dealkylation sites (N-methyl/N-ethyl adjacent to an activating group) is 1. The minimum Gasteiger partial charge on any atom is -0.377 e. The van der Waals surface area contributed by atoms with Crippen LogP contribution in [0.1, 0.15) is 34.6 Å². The van der Waals surface area contributed by atoms with E-state index in [0.717, 1.165) is 32.8 Å². The van der Waals surface area contributed by atoms with E-state index in [0.29, 0.717) is 6.10 Å². The molecule has 0 aliphatic rings. The highest BCUT2D eigenvalue weighted by atomic mass is 16.5. The molecule has 0 aliphatic heterocycles. The van der Waals surface area contributed by atoms with Crippen molar-refractivity contribution < 1.29 is 4.74 Å². The fraction of sp³-hybridized carbons (Fsp3) is 1.00. The molecule has 15 heavy (non-hydrogen) atoms. The van der Waals surface area contributed by atoms with Crippen LogP contribution in [-0.4, -0.2) is 43.8 Å². The molecule has 0 amide bonds. The highest BCUT2D eigenvalue weighted by molar-refractivity contribution is 4.74. The van der Waals surface area contributed by atoms with Crippen molar-refractivity contribution in [1.82, 2.24) is 4.90 Å². The van der Waals surface area contributed by atoms with E-state index in [1.165, 1.54) is 0 Å². The van der Waals surface area contributed by atoms with Crippen LogP contribution in [0.25, 0.3) is 0 Å². The molecule has 2 N–H and O–H groups in total. The molecule has 0 aromatic rings. The van der Waals surface area contributed by atoms with Crippen LogP contribution in [0.4, 0.5) is 0 Å². The summed E-state index contributed by atoms with van der Waals surface area (Å²) in [6, 6.07) is 0. The summed E-state index contributed by atoms with van der Waals surface area (Å²) < 4.78 is 5.55. The van der Waals surface area contributed by atoms with Crippen molar-refractivity contribution in [3.63, 3.8) is 0 Å². The van der Waals surface area contributed by atoms with Crippen LogP contribution in [0, 0.1) is 5.41 Å². The Balaban J connectivity index is 3.82. The van der Waals surface area contributed by atoms with E-state index < -0.39 is 0 Å². The predicted molar refractivity (Wildman–Crippen MR) is 66.0 cm³/mol. The number of ether oxygens (including phenoxy) is 1. The molecule has 0 fully saturated rings. The van der Waals surface area contributed by atoms with Gasteiger partial charge in [-0.25, -0.2) is 0 Å². The number of hydrogen-bond acceptors (Lipinski definition) is 3.